The second-order valence-corrected chi connectivity index (χ2v) is 8.48. The van der Waals surface area contributed by atoms with Crippen LogP contribution >= 0.6 is 11.3 Å². The monoisotopic (exact) mass is 360 g/mol. The Morgan fingerprint density at radius 2 is 1.81 bits per heavy atom. The number of benzene rings is 2. The standard InChI is InChI=1S/C24H26NS/c1-5-13-25-14-12-18(16(2)3)15-21(25)23-17(4)10-11-20-19-8-6-7-9-22(19)26-24(20)23/h6-12,14-16H,5,13H2,1-4H3/q+1. The number of aromatic nitrogens is 1. The summed E-state index contributed by atoms with van der Waals surface area (Å²) >= 11 is 1.93. The summed E-state index contributed by atoms with van der Waals surface area (Å²) in [6.07, 6.45) is 3.42. The van der Waals surface area contributed by atoms with E-state index in [4.69, 9.17) is 0 Å². The summed E-state index contributed by atoms with van der Waals surface area (Å²) in [6.45, 7) is 10.1. The van der Waals surface area contributed by atoms with Gasteiger partial charge in [0.05, 0.1) is 5.56 Å². The number of nitrogens with zero attached hydrogens (tertiary/aromatic N) is 1. The summed E-state index contributed by atoms with van der Waals surface area (Å²) in [5.74, 6) is 0.534. The van der Waals surface area contributed by atoms with Gasteiger partial charge in [0, 0.05) is 38.7 Å². The highest BCUT2D eigenvalue weighted by Gasteiger charge is 2.21. The Morgan fingerprint density at radius 3 is 2.58 bits per heavy atom. The molecule has 0 unspecified atom stereocenters. The number of pyridine rings is 1. The van der Waals surface area contributed by atoms with Crippen molar-refractivity contribution in [3.63, 3.8) is 0 Å². The van der Waals surface area contributed by atoms with Crippen molar-refractivity contribution in [2.75, 3.05) is 0 Å². The van der Waals surface area contributed by atoms with Gasteiger partial charge >= 0.3 is 0 Å². The number of rotatable bonds is 4. The van der Waals surface area contributed by atoms with Gasteiger partial charge in [0.25, 0.3) is 0 Å². The highest BCUT2D eigenvalue weighted by atomic mass is 32.1. The van der Waals surface area contributed by atoms with E-state index in [1.807, 2.05) is 11.3 Å². The first-order chi connectivity index (χ1) is 12.6. The van der Waals surface area contributed by atoms with Gasteiger partial charge in [-0.1, -0.05) is 51.1 Å². The van der Waals surface area contributed by atoms with Crippen LogP contribution in [-0.2, 0) is 6.54 Å². The first-order valence-corrected chi connectivity index (χ1v) is 10.4. The van der Waals surface area contributed by atoms with Crippen LogP contribution in [0, 0.1) is 6.92 Å². The molecular formula is C24H26NS+. The van der Waals surface area contributed by atoms with E-state index in [-0.39, 0.29) is 0 Å². The van der Waals surface area contributed by atoms with Crippen LogP contribution in [0.2, 0.25) is 0 Å². The highest BCUT2D eigenvalue weighted by Crippen LogP contribution is 2.41. The van der Waals surface area contributed by atoms with Gasteiger partial charge in [0.1, 0.15) is 6.54 Å². The zero-order valence-corrected chi connectivity index (χ0v) is 16.9. The van der Waals surface area contributed by atoms with Crippen molar-refractivity contribution >= 4 is 31.5 Å². The minimum absolute atomic E-state index is 0.534. The van der Waals surface area contributed by atoms with Crippen LogP contribution in [-0.4, -0.2) is 0 Å². The Morgan fingerprint density at radius 1 is 1.00 bits per heavy atom. The fourth-order valence-electron chi connectivity index (χ4n) is 3.76. The molecule has 2 aromatic carbocycles. The molecule has 0 saturated heterocycles. The van der Waals surface area contributed by atoms with Crippen molar-refractivity contribution < 1.29 is 4.57 Å². The van der Waals surface area contributed by atoms with E-state index in [2.05, 4.69) is 87.0 Å². The fraction of sp³-hybridized carbons (Fsp3) is 0.292. The lowest BCUT2D eigenvalue weighted by molar-refractivity contribution is -0.686. The SMILES string of the molecule is CCC[n+]1ccc(C(C)C)cc1-c1c(C)ccc2c1sc1ccccc12. The number of aryl methyl sites for hydroxylation is 2. The van der Waals surface area contributed by atoms with Gasteiger partial charge in [0.15, 0.2) is 6.20 Å². The van der Waals surface area contributed by atoms with E-state index in [9.17, 15) is 0 Å². The van der Waals surface area contributed by atoms with Gasteiger partial charge in [-0.25, -0.2) is 0 Å². The van der Waals surface area contributed by atoms with Gasteiger partial charge < -0.3 is 0 Å². The van der Waals surface area contributed by atoms with Gasteiger partial charge in [0.2, 0.25) is 5.69 Å². The number of fused-ring (bicyclic) bond motifs is 3. The third-order valence-electron chi connectivity index (χ3n) is 5.20. The van der Waals surface area contributed by atoms with Crippen molar-refractivity contribution in [3.05, 3.63) is 65.9 Å². The summed E-state index contributed by atoms with van der Waals surface area (Å²) in [5.41, 5.74) is 5.52. The third kappa shape index (κ3) is 2.83. The van der Waals surface area contributed by atoms with Crippen LogP contribution in [0.3, 0.4) is 0 Å². The van der Waals surface area contributed by atoms with Gasteiger partial charge in [-0.15, -0.1) is 11.3 Å². The first-order valence-electron chi connectivity index (χ1n) is 9.54. The lowest BCUT2D eigenvalue weighted by Crippen LogP contribution is -2.36. The summed E-state index contributed by atoms with van der Waals surface area (Å²) in [4.78, 5) is 0. The molecule has 0 amide bonds. The van der Waals surface area contributed by atoms with Crippen molar-refractivity contribution in [2.24, 2.45) is 0 Å². The second kappa shape index (κ2) is 6.85. The van der Waals surface area contributed by atoms with Gasteiger partial charge in [-0.2, -0.15) is 4.57 Å². The molecule has 4 rings (SSSR count). The molecule has 0 N–H and O–H groups in total. The Kier molecular flexibility index (Phi) is 4.54. The van der Waals surface area contributed by atoms with E-state index in [0.29, 0.717) is 5.92 Å². The van der Waals surface area contributed by atoms with E-state index in [1.165, 1.54) is 42.6 Å². The lowest BCUT2D eigenvalue weighted by Gasteiger charge is -2.11. The molecule has 0 radical (unpaired) electrons. The molecule has 0 atom stereocenters. The maximum Gasteiger partial charge on any atom is 0.214 e. The lowest BCUT2D eigenvalue weighted by atomic mass is 9.97. The molecule has 2 aromatic heterocycles. The van der Waals surface area contributed by atoms with Crippen LogP contribution < -0.4 is 4.57 Å². The molecule has 0 fully saturated rings. The summed E-state index contributed by atoms with van der Waals surface area (Å²) in [5, 5.41) is 2.75. The Bertz CT molecular complexity index is 1090. The molecule has 0 aliphatic heterocycles. The average molecular weight is 361 g/mol. The summed E-state index contributed by atoms with van der Waals surface area (Å²) in [7, 11) is 0. The molecule has 1 nitrogen and oxygen atoms in total. The number of hydrogen-bond donors (Lipinski definition) is 0. The van der Waals surface area contributed by atoms with Crippen molar-refractivity contribution in [1.29, 1.82) is 0 Å². The Hall–Kier alpha value is -2.19. The zero-order chi connectivity index (χ0) is 18.3. The number of hydrogen-bond acceptors (Lipinski definition) is 1. The third-order valence-corrected chi connectivity index (χ3v) is 6.41. The van der Waals surface area contributed by atoms with E-state index in [1.54, 1.807) is 0 Å². The van der Waals surface area contributed by atoms with Crippen molar-refractivity contribution in [2.45, 2.75) is 46.6 Å². The zero-order valence-electron chi connectivity index (χ0n) is 16.0. The molecule has 0 aliphatic carbocycles. The van der Waals surface area contributed by atoms with E-state index in [0.717, 1.165) is 13.0 Å². The van der Waals surface area contributed by atoms with Gasteiger partial charge in [-0.3, -0.25) is 0 Å². The Labute approximate surface area is 159 Å². The second-order valence-electron chi connectivity index (χ2n) is 7.43. The van der Waals surface area contributed by atoms with Crippen molar-refractivity contribution in [1.82, 2.24) is 0 Å². The summed E-state index contributed by atoms with van der Waals surface area (Å²) < 4.78 is 5.21. The predicted octanol–water partition coefficient (Wildman–Crippen LogP) is 6.85. The molecule has 132 valence electrons. The molecule has 2 heterocycles. The van der Waals surface area contributed by atoms with Crippen LogP contribution in [0.4, 0.5) is 0 Å². The van der Waals surface area contributed by atoms with E-state index >= 15 is 0 Å². The predicted molar refractivity (Wildman–Crippen MR) is 114 cm³/mol. The topological polar surface area (TPSA) is 3.88 Å². The minimum Gasteiger partial charge on any atom is -0.198 e. The van der Waals surface area contributed by atoms with Crippen molar-refractivity contribution in [3.8, 4) is 11.3 Å². The van der Waals surface area contributed by atoms with E-state index < -0.39 is 0 Å². The number of thiophene rings is 1. The molecular weight excluding hydrogens is 334 g/mol. The maximum absolute atomic E-state index is 2.43. The normalized spacial score (nSPS) is 11.7. The molecule has 4 aromatic rings. The van der Waals surface area contributed by atoms with Crippen LogP contribution in [0.15, 0.2) is 54.7 Å². The minimum atomic E-state index is 0.534. The molecule has 0 aliphatic rings. The molecule has 0 saturated carbocycles. The molecule has 0 spiro atoms. The van der Waals surface area contributed by atoms with Crippen LogP contribution in [0.1, 0.15) is 44.2 Å². The molecule has 2 heteroatoms. The quantitative estimate of drug-likeness (QED) is 0.350. The molecule has 26 heavy (non-hydrogen) atoms. The van der Waals surface area contributed by atoms with Gasteiger partial charge in [-0.05, 0) is 30.0 Å². The fourth-order valence-corrected chi connectivity index (χ4v) is 5.07. The van der Waals surface area contributed by atoms with Crippen LogP contribution in [0.25, 0.3) is 31.4 Å². The molecule has 0 bridgehead atoms. The first kappa shape index (κ1) is 17.2. The average Bonchev–Trinajstić information content (AvgIpc) is 3.01. The summed E-state index contributed by atoms with van der Waals surface area (Å²) in [6, 6.07) is 18.0. The smallest absolute Gasteiger partial charge is 0.198 e. The van der Waals surface area contributed by atoms with Crippen LogP contribution in [0.5, 0.6) is 0 Å². The Balaban J connectivity index is 2.07. The maximum atomic E-state index is 2.43. The largest absolute Gasteiger partial charge is 0.214 e. The highest BCUT2D eigenvalue weighted by molar-refractivity contribution is 7.26.